The minimum atomic E-state index is -1.55. The van der Waals surface area contributed by atoms with Crippen molar-refractivity contribution >= 4 is 5.97 Å². The van der Waals surface area contributed by atoms with Crippen molar-refractivity contribution in [2.75, 3.05) is 0 Å². The molecule has 0 aromatic heterocycles. The molecule has 11 heavy (non-hydrogen) atoms. The monoisotopic (exact) mass is 197 g/mol. The zero-order valence-corrected chi connectivity index (χ0v) is 8.01. The van der Waals surface area contributed by atoms with Gasteiger partial charge in [0.25, 0.3) is 0 Å². The molecule has 1 atom stereocenters. The number of carbonyl (C=O) groups excluding carboxylic acids is 1. The topological polar surface area (TPSA) is 69.4 Å². The van der Waals surface area contributed by atoms with E-state index >= 15 is 0 Å². The molecule has 0 aromatic rings. The van der Waals surface area contributed by atoms with E-state index in [1.165, 1.54) is 0 Å². The Balaban J connectivity index is 3.72. The Labute approximate surface area is 73.1 Å². The van der Waals surface area contributed by atoms with Gasteiger partial charge >= 0.3 is 72.6 Å². The first-order chi connectivity index (χ1) is 5.07. The SMILES string of the molecule is CC(C)C[C@H](N)C(=O)[O][V]=[O]. The second kappa shape index (κ2) is 5.46. The van der Waals surface area contributed by atoms with E-state index in [0.717, 1.165) is 0 Å². The normalized spacial score (nSPS) is 12.7. The second-order valence-corrected chi connectivity index (χ2v) is 3.24. The summed E-state index contributed by atoms with van der Waals surface area (Å²) >= 11 is -1.55. The van der Waals surface area contributed by atoms with E-state index < -0.39 is 28.6 Å². The summed E-state index contributed by atoms with van der Waals surface area (Å²) in [6.45, 7) is 3.91. The minimum absolute atomic E-state index is 0.348. The Kier molecular flexibility index (Phi) is 5.37. The van der Waals surface area contributed by atoms with Crippen molar-refractivity contribution in [2.24, 2.45) is 11.7 Å². The van der Waals surface area contributed by atoms with Gasteiger partial charge in [0.2, 0.25) is 0 Å². The molecule has 0 aliphatic carbocycles. The molecule has 0 heterocycles. The standard InChI is InChI=1S/C6H13NO2.O.V/c1-4(2)3-5(7)6(8)9;;/h4-5H,3,7H2,1-2H3,(H,8,9);;/q;;+1/p-1/t5-;;/m0../s1. The van der Waals surface area contributed by atoms with Gasteiger partial charge in [0, 0.05) is 0 Å². The molecule has 0 fully saturated rings. The molecular formula is C6H12NO3V. The fourth-order valence-electron chi connectivity index (χ4n) is 0.709. The van der Waals surface area contributed by atoms with E-state index in [1.807, 2.05) is 13.8 Å². The van der Waals surface area contributed by atoms with Gasteiger partial charge in [0.15, 0.2) is 0 Å². The molecular weight excluding hydrogens is 185 g/mol. The van der Waals surface area contributed by atoms with Crippen molar-refractivity contribution in [3.05, 3.63) is 0 Å². The van der Waals surface area contributed by atoms with Gasteiger partial charge in [0.1, 0.15) is 0 Å². The molecule has 0 bridgehead atoms. The maximum absolute atomic E-state index is 10.8. The summed E-state index contributed by atoms with van der Waals surface area (Å²) in [5, 5.41) is 0. The summed E-state index contributed by atoms with van der Waals surface area (Å²) in [5.41, 5.74) is 5.41. The molecule has 5 heteroatoms. The van der Waals surface area contributed by atoms with Gasteiger partial charge in [-0.3, -0.25) is 0 Å². The van der Waals surface area contributed by atoms with Gasteiger partial charge in [-0.25, -0.2) is 0 Å². The average molecular weight is 197 g/mol. The van der Waals surface area contributed by atoms with Crippen LogP contribution in [-0.2, 0) is 28.7 Å². The van der Waals surface area contributed by atoms with Crippen molar-refractivity contribution in [3.8, 4) is 0 Å². The summed E-state index contributed by atoms with van der Waals surface area (Å²) in [5.74, 6) is -0.214. The predicted molar refractivity (Wildman–Crippen MR) is 34.2 cm³/mol. The third-order valence-electron chi connectivity index (χ3n) is 1.16. The van der Waals surface area contributed by atoms with Crippen LogP contribution in [0, 0.1) is 5.92 Å². The van der Waals surface area contributed by atoms with Crippen LogP contribution in [-0.4, -0.2) is 12.0 Å². The molecule has 0 amide bonds. The van der Waals surface area contributed by atoms with Gasteiger partial charge < -0.3 is 0 Å². The molecule has 0 saturated heterocycles. The number of rotatable bonds is 4. The summed E-state index contributed by atoms with van der Waals surface area (Å²) in [6.07, 6.45) is 0.569. The first kappa shape index (κ1) is 10.8. The summed E-state index contributed by atoms with van der Waals surface area (Å²) in [4.78, 5) is 10.8. The first-order valence-corrected chi connectivity index (χ1v) is 4.51. The quantitative estimate of drug-likeness (QED) is 0.701. The van der Waals surface area contributed by atoms with Crippen LogP contribution in [0.4, 0.5) is 0 Å². The zero-order chi connectivity index (χ0) is 8.85. The molecule has 4 nitrogen and oxygen atoms in total. The van der Waals surface area contributed by atoms with Crippen LogP contribution in [0.2, 0.25) is 0 Å². The number of nitrogens with two attached hydrogens (primary N) is 1. The van der Waals surface area contributed by atoms with Crippen LogP contribution in [0.3, 0.4) is 0 Å². The molecule has 0 aliphatic rings. The van der Waals surface area contributed by atoms with E-state index in [-0.39, 0.29) is 0 Å². The van der Waals surface area contributed by atoms with E-state index in [9.17, 15) is 8.47 Å². The molecule has 0 aromatic carbocycles. The molecule has 0 unspecified atom stereocenters. The van der Waals surface area contributed by atoms with Crippen molar-refractivity contribution < 1.29 is 28.7 Å². The number of hydrogen-bond donors (Lipinski definition) is 1. The van der Waals surface area contributed by atoms with Crippen LogP contribution >= 0.6 is 0 Å². The molecule has 0 rings (SSSR count). The van der Waals surface area contributed by atoms with Crippen LogP contribution in [0.5, 0.6) is 0 Å². The second-order valence-electron chi connectivity index (χ2n) is 2.72. The van der Waals surface area contributed by atoms with Crippen molar-refractivity contribution in [1.29, 1.82) is 0 Å². The summed E-state index contributed by atoms with van der Waals surface area (Å²) < 4.78 is 14.2. The Bertz CT molecular complexity index is 149. The van der Waals surface area contributed by atoms with Crippen molar-refractivity contribution in [2.45, 2.75) is 26.3 Å². The Morgan fingerprint density at radius 1 is 1.64 bits per heavy atom. The molecule has 0 saturated carbocycles. The fraction of sp³-hybridized carbons (Fsp3) is 0.833. The van der Waals surface area contributed by atoms with Crippen LogP contribution in [0.1, 0.15) is 20.3 Å². The van der Waals surface area contributed by atoms with Gasteiger partial charge in [-0.05, 0) is 0 Å². The average Bonchev–Trinajstić information content (AvgIpc) is 1.86. The van der Waals surface area contributed by atoms with Gasteiger partial charge in [-0.1, -0.05) is 0 Å². The van der Waals surface area contributed by atoms with Crippen LogP contribution < -0.4 is 5.73 Å². The maximum atomic E-state index is 10.8. The molecule has 64 valence electrons. The van der Waals surface area contributed by atoms with E-state index in [4.69, 9.17) is 5.73 Å². The summed E-state index contributed by atoms with van der Waals surface area (Å²) in [6, 6.07) is -0.626. The Morgan fingerprint density at radius 2 is 2.18 bits per heavy atom. The van der Waals surface area contributed by atoms with E-state index in [0.29, 0.717) is 12.3 Å². The Hall–Kier alpha value is -0.186. The number of hydrogen-bond acceptors (Lipinski definition) is 4. The zero-order valence-electron chi connectivity index (χ0n) is 6.61. The predicted octanol–water partition coefficient (Wildman–Crippen LogP) is 0.246. The van der Waals surface area contributed by atoms with Gasteiger partial charge in [-0.15, -0.1) is 0 Å². The van der Waals surface area contributed by atoms with E-state index in [2.05, 4.69) is 3.66 Å². The third kappa shape index (κ3) is 5.12. The van der Waals surface area contributed by atoms with Crippen molar-refractivity contribution in [1.82, 2.24) is 0 Å². The van der Waals surface area contributed by atoms with E-state index in [1.54, 1.807) is 0 Å². The fourth-order valence-corrected chi connectivity index (χ4v) is 1.03. The number of carbonyl (C=O) groups is 1. The third-order valence-corrected chi connectivity index (χ3v) is 1.55. The molecule has 0 spiro atoms. The van der Waals surface area contributed by atoms with Gasteiger partial charge in [-0.2, -0.15) is 0 Å². The molecule has 0 aliphatic heterocycles. The summed E-state index contributed by atoms with van der Waals surface area (Å²) in [7, 11) is 0. The van der Waals surface area contributed by atoms with Crippen molar-refractivity contribution in [3.63, 3.8) is 0 Å². The van der Waals surface area contributed by atoms with Crippen LogP contribution in [0.25, 0.3) is 0 Å². The first-order valence-electron chi connectivity index (χ1n) is 3.37. The van der Waals surface area contributed by atoms with Crippen LogP contribution in [0.15, 0.2) is 0 Å². The van der Waals surface area contributed by atoms with Gasteiger partial charge in [0.05, 0.1) is 0 Å². The molecule has 0 radical (unpaired) electrons. The Morgan fingerprint density at radius 3 is 2.55 bits per heavy atom. The molecule has 2 N–H and O–H groups in total.